The van der Waals surface area contributed by atoms with Crippen LogP contribution in [0.15, 0.2) is 66.9 Å². The molecule has 2 aromatic heterocycles. The molecule has 1 aliphatic heterocycles. The number of H-pyrrole nitrogens is 1. The molecule has 0 bridgehead atoms. The fourth-order valence-corrected chi connectivity index (χ4v) is 4.46. The lowest BCUT2D eigenvalue weighted by Gasteiger charge is -2.23. The predicted octanol–water partition coefficient (Wildman–Crippen LogP) is 5.33. The van der Waals surface area contributed by atoms with Gasteiger partial charge in [-0.05, 0) is 60.9 Å². The number of carbonyl (C=O) groups is 2. The van der Waals surface area contributed by atoms with E-state index < -0.39 is 5.97 Å². The fourth-order valence-electron chi connectivity index (χ4n) is 4.46. The number of nitrogens with one attached hydrogen (secondary N) is 1. The molecule has 7 nitrogen and oxygen atoms in total. The number of ether oxygens (including phenoxy) is 1. The Morgan fingerprint density at radius 2 is 2.00 bits per heavy atom. The number of fused-ring (bicyclic) bond motifs is 1. The van der Waals surface area contributed by atoms with Crippen molar-refractivity contribution in [3.8, 4) is 22.9 Å². The molecule has 4 aromatic rings. The minimum Gasteiger partial charge on any atom is -0.481 e. The van der Waals surface area contributed by atoms with Crippen molar-refractivity contribution in [3.63, 3.8) is 0 Å². The lowest BCUT2D eigenvalue weighted by molar-refractivity contribution is -0.137. The molecule has 2 N–H and O–H groups in total. The first-order valence-corrected chi connectivity index (χ1v) is 11.3. The van der Waals surface area contributed by atoms with Crippen LogP contribution in [-0.2, 0) is 16.0 Å². The molecule has 1 atom stereocenters. The third-order valence-electron chi connectivity index (χ3n) is 6.32. The number of carbonyl (C=O) groups excluding carboxylic acids is 1. The van der Waals surface area contributed by atoms with Crippen molar-refractivity contribution < 1.29 is 19.4 Å². The number of aryl methyl sites for hydroxylation is 1. The summed E-state index contributed by atoms with van der Waals surface area (Å²) in [5, 5.41) is 9.89. The second-order valence-electron chi connectivity index (χ2n) is 8.57. The summed E-state index contributed by atoms with van der Waals surface area (Å²) in [6.07, 6.45) is 3.58. The van der Waals surface area contributed by atoms with Crippen LogP contribution in [0.2, 0.25) is 0 Å². The molecule has 0 saturated carbocycles. The van der Waals surface area contributed by atoms with Crippen LogP contribution >= 0.6 is 0 Å². The lowest BCUT2D eigenvalue weighted by Crippen LogP contribution is -2.22. The molecule has 1 fully saturated rings. The summed E-state index contributed by atoms with van der Waals surface area (Å²) < 4.78 is 6.33. The first kappa shape index (κ1) is 21.7. The van der Waals surface area contributed by atoms with E-state index in [2.05, 4.69) is 16.0 Å². The predicted molar refractivity (Wildman–Crippen MR) is 129 cm³/mol. The molecule has 7 heteroatoms. The highest BCUT2D eigenvalue weighted by atomic mass is 16.5. The number of benzene rings is 2. The smallest absolute Gasteiger partial charge is 0.303 e. The highest BCUT2D eigenvalue weighted by Crippen LogP contribution is 2.41. The van der Waals surface area contributed by atoms with Crippen molar-refractivity contribution in [1.82, 2.24) is 14.9 Å². The van der Waals surface area contributed by atoms with Gasteiger partial charge in [-0.15, -0.1) is 0 Å². The monoisotopic (exact) mass is 455 g/mol. The maximum atomic E-state index is 12.3. The normalized spacial score (nSPS) is 15.7. The number of aromatic nitrogens is 2. The maximum absolute atomic E-state index is 12.3. The second kappa shape index (κ2) is 9.02. The quantitative estimate of drug-likeness (QED) is 0.393. The zero-order chi connectivity index (χ0) is 23.7. The van der Waals surface area contributed by atoms with Crippen molar-refractivity contribution >= 4 is 22.8 Å². The zero-order valence-corrected chi connectivity index (χ0v) is 18.8. The molecule has 0 aliphatic carbocycles. The number of rotatable bonds is 7. The molecule has 5 rings (SSSR count). The number of hydrogen-bond donors (Lipinski definition) is 2. The molecule has 1 aliphatic rings. The van der Waals surface area contributed by atoms with E-state index in [4.69, 9.17) is 9.84 Å². The number of likely N-dealkylation sites (tertiary alicyclic amines) is 1. The van der Waals surface area contributed by atoms with Crippen LogP contribution in [0.25, 0.3) is 22.3 Å². The Labute approximate surface area is 197 Å². The molecular formula is C27H25N3O4. The number of carboxylic acid groups (broad SMARTS) is 1. The average molecular weight is 456 g/mol. The van der Waals surface area contributed by atoms with Gasteiger partial charge in [0.05, 0.1) is 17.4 Å². The van der Waals surface area contributed by atoms with Gasteiger partial charge in [-0.25, -0.2) is 0 Å². The molecule has 1 saturated heterocycles. The van der Waals surface area contributed by atoms with Crippen LogP contribution in [0.5, 0.6) is 11.5 Å². The number of amides is 1. The summed E-state index contributed by atoms with van der Waals surface area (Å²) in [5.41, 5.74) is 4.62. The second-order valence-corrected chi connectivity index (χ2v) is 8.57. The fraction of sp³-hybridized carbons (Fsp3) is 0.222. The molecule has 1 amide bonds. The number of pyridine rings is 1. The summed E-state index contributed by atoms with van der Waals surface area (Å²) in [6, 6.07) is 19.3. The molecule has 172 valence electrons. The van der Waals surface area contributed by atoms with Gasteiger partial charge in [0.1, 0.15) is 11.5 Å². The molecule has 0 radical (unpaired) electrons. The summed E-state index contributed by atoms with van der Waals surface area (Å²) >= 11 is 0. The lowest BCUT2D eigenvalue weighted by atomic mass is 10.0. The van der Waals surface area contributed by atoms with Gasteiger partial charge in [-0.1, -0.05) is 18.2 Å². The van der Waals surface area contributed by atoms with Crippen molar-refractivity contribution in [1.29, 1.82) is 0 Å². The summed E-state index contributed by atoms with van der Waals surface area (Å²) in [6.45, 7) is 0. The molecule has 2 aromatic carbocycles. The van der Waals surface area contributed by atoms with Crippen LogP contribution in [-0.4, -0.2) is 38.9 Å². The Hall–Kier alpha value is -4.13. The van der Waals surface area contributed by atoms with Gasteiger partial charge in [0.25, 0.3) is 0 Å². The van der Waals surface area contributed by atoms with E-state index in [0.717, 1.165) is 39.8 Å². The van der Waals surface area contributed by atoms with Gasteiger partial charge < -0.3 is 19.7 Å². The van der Waals surface area contributed by atoms with E-state index in [9.17, 15) is 9.59 Å². The van der Waals surface area contributed by atoms with E-state index in [0.29, 0.717) is 24.3 Å². The van der Waals surface area contributed by atoms with Gasteiger partial charge in [-0.2, -0.15) is 0 Å². The third kappa shape index (κ3) is 4.37. The van der Waals surface area contributed by atoms with E-state index in [1.54, 1.807) is 11.1 Å². The van der Waals surface area contributed by atoms with E-state index in [-0.39, 0.29) is 18.4 Å². The van der Waals surface area contributed by atoms with Gasteiger partial charge >= 0.3 is 5.97 Å². The highest BCUT2D eigenvalue weighted by molar-refractivity contribution is 5.88. The summed E-state index contributed by atoms with van der Waals surface area (Å²) in [7, 11) is 1.83. The Bertz CT molecular complexity index is 1350. The number of nitrogens with zero attached hydrogens (tertiary/aromatic N) is 2. The standard InChI is InChI=1S/C27H25N3O4/c1-30-24(10-11-26(30)31)20-16-22-18(14-23(29-22)21-4-2-3-13-28-21)15-25(20)34-19-8-5-17(6-9-19)7-12-27(32)33/h2-6,8-9,13-16,24,29H,7,10-12H2,1H3,(H,32,33). The Morgan fingerprint density at radius 1 is 1.18 bits per heavy atom. The van der Waals surface area contributed by atoms with E-state index in [1.807, 2.05) is 61.6 Å². The van der Waals surface area contributed by atoms with Crippen LogP contribution in [0, 0.1) is 0 Å². The topological polar surface area (TPSA) is 95.5 Å². The summed E-state index contributed by atoms with van der Waals surface area (Å²) in [4.78, 5) is 32.8. The Balaban J connectivity index is 1.51. The minimum absolute atomic E-state index is 0.0664. The largest absolute Gasteiger partial charge is 0.481 e. The van der Waals surface area contributed by atoms with Crippen LogP contribution < -0.4 is 4.74 Å². The van der Waals surface area contributed by atoms with Gasteiger partial charge in [0.2, 0.25) is 5.91 Å². The van der Waals surface area contributed by atoms with Crippen LogP contribution in [0.1, 0.15) is 36.4 Å². The Kier molecular flexibility index (Phi) is 5.76. The highest BCUT2D eigenvalue weighted by Gasteiger charge is 2.31. The van der Waals surface area contributed by atoms with Crippen molar-refractivity contribution in [2.45, 2.75) is 31.7 Å². The van der Waals surface area contributed by atoms with E-state index in [1.165, 1.54) is 0 Å². The third-order valence-corrected chi connectivity index (χ3v) is 6.32. The number of aliphatic carboxylic acids is 1. The molecule has 0 spiro atoms. The maximum Gasteiger partial charge on any atom is 0.303 e. The molecule has 34 heavy (non-hydrogen) atoms. The Morgan fingerprint density at radius 3 is 2.68 bits per heavy atom. The van der Waals surface area contributed by atoms with E-state index >= 15 is 0 Å². The van der Waals surface area contributed by atoms with Crippen LogP contribution in [0.3, 0.4) is 0 Å². The number of carboxylic acids is 1. The molecule has 3 heterocycles. The van der Waals surface area contributed by atoms with Gasteiger partial charge in [0, 0.05) is 42.6 Å². The number of aromatic amines is 1. The first-order chi connectivity index (χ1) is 16.5. The molecule has 1 unspecified atom stereocenters. The zero-order valence-electron chi connectivity index (χ0n) is 18.8. The van der Waals surface area contributed by atoms with Gasteiger partial charge in [-0.3, -0.25) is 14.6 Å². The summed E-state index contributed by atoms with van der Waals surface area (Å²) in [5.74, 6) is 0.667. The SMILES string of the molecule is CN1C(=O)CCC1c1cc2[nH]c(-c3ccccn3)cc2cc1Oc1ccc(CCC(=O)O)cc1. The molecular weight excluding hydrogens is 430 g/mol. The minimum atomic E-state index is -0.815. The van der Waals surface area contributed by atoms with Crippen LogP contribution in [0.4, 0.5) is 0 Å². The van der Waals surface area contributed by atoms with Crippen molar-refractivity contribution in [3.05, 3.63) is 78.0 Å². The van der Waals surface area contributed by atoms with Crippen molar-refractivity contribution in [2.24, 2.45) is 0 Å². The van der Waals surface area contributed by atoms with Gasteiger partial charge in [0.15, 0.2) is 0 Å². The number of hydrogen-bond acceptors (Lipinski definition) is 4. The average Bonchev–Trinajstić information content (AvgIpc) is 3.41. The van der Waals surface area contributed by atoms with Crippen molar-refractivity contribution in [2.75, 3.05) is 7.05 Å². The first-order valence-electron chi connectivity index (χ1n) is 11.3.